The standard InChI is InChI=1S/C25H20N4O2S/c1-17-6-12-20(13-7-17)32-27-19-10-8-18(9-11-19)23(30)15-28-24-14-26-16-29(24)22-5-3-2-4-21(22)25(28)31/h2-14,16,27H,15H2,1H3. The maximum atomic E-state index is 13.1. The topological polar surface area (TPSA) is 68.4 Å². The fourth-order valence-corrected chi connectivity index (χ4v) is 4.27. The fourth-order valence-electron chi connectivity index (χ4n) is 3.62. The first-order valence-corrected chi connectivity index (χ1v) is 11.0. The van der Waals surface area contributed by atoms with Crippen molar-refractivity contribution in [2.45, 2.75) is 18.4 Å². The maximum absolute atomic E-state index is 13.1. The van der Waals surface area contributed by atoms with Crippen molar-refractivity contribution in [3.63, 3.8) is 0 Å². The van der Waals surface area contributed by atoms with Gasteiger partial charge in [0.2, 0.25) is 0 Å². The Morgan fingerprint density at radius 1 is 1.00 bits per heavy atom. The smallest absolute Gasteiger partial charge is 0.262 e. The molecule has 0 aliphatic heterocycles. The lowest BCUT2D eigenvalue weighted by molar-refractivity contribution is 0.0972. The molecule has 0 fully saturated rings. The van der Waals surface area contributed by atoms with Gasteiger partial charge in [0, 0.05) is 16.1 Å². The average molecular weight is 441 g/mol. The van der Waals surface area contributed by atoms with E-state index in [9.17, 15) is 9.59 Å². The van der Waals surface area contributed by atoms with Crippen LogP contribution in [-0.2, 0) is 6.54 Å². The molecule has 32 heavy (non-hydrogen) atoms. The molecule has 0 amide bonds. The molecule has 0 saturated heterocycles. The molecule has 1 N–H and O–H groups in total. The van der Waals surface area contributed by atoms with Gasteiger partial charge in [-0.15, -0.1) is 0 Å². The van der Waals surface area contributed by atoms with Crippen molar-refractivity contribution in [3.8, 4) is 0 Å². The molecule has 0 aliphatic rings. The number of carbonyl (C=O) groups is 1. The quantitative estimate of drug-likeness (QED) is 0.299. The number of hydrogen-bond donors (Lipinski definition) is 1. The number of aromatic nitrogens is 3. The Labute approximate surface area is 188 Å². The molecular weight excluding hydrogens is 420 g/mol. The van der Waals surface area contributed by atoms with Crippen LogP contribution >= 0.6 is 11.9 Å². The van der Waals surface area contributed by atoms with Crippen molar-refractivity contribution < 1.29 is 4.79 Å². The highest BCUT2D eigenvalue weighted by atomic mass is 32.2. The van der Waals surface area contributed by atoms with E-state index in [1.54, 1.807) is 30.7 Å². The minimum atomic E-state index is -0.199. The number of ketones is 1. The average Bonchev–Trinajstić information content (AvgIpc) is 3.32. The normalized spacial score (nSPS) is 11.2. The van der Waals surface area contributed by atoms with Gasteiger partial charge in [-0.1, -0.05) is 29.8 Å². The number of hydrogen-bond acceptors (Lipinski definition) is 5. The summed E-state index contributed by atoms with van der Waals surface area (Å²) >= 11 is 1.51. The summed E-state index contributed by atoms with van der Waals surface area (Å²) in [5, 5.41) is 0.554. The van der Waals surface area contributed by atoms with E-state index in [1.165, 1.54) is 22.1 Å². The van der Waals surface area contributed by atoms with Crippen LogP contribution in [0.2, 0.25) is 0 Å². The van der Waals surface area contributed by atoms with Crippen LogP contribution in [0.4, 0.5) is 5.69 Å². The second-order valence-electron chi connectivity index (χ2n) is 7.55. The molecule has 2 aromatic heterocycles. The number of para-hydroxylation sites is 1. The minimum absolute atomic E-state index is 0.0518. The molecular formula is C25H20N4O2S. The number of fused-ring (bicyclic) bond motifs is 3. The highest BCUT2D eigenvalue weighted by molar-refractivity contribution is 8.00. The first kappa shape index (κ1) is 20.1. The molecule has 3 aromatic carbocycles. The lowest BCUT2D eigenvalue weighted by Gasteiger charge is -2.11. The van der Waals surface area contributed by atoms with Gasteiger partial charge in [0.25, 0.3) is 5.56 Å². The highest BCUT2D eigenvalue weighted by Gasteiger charge is 2.14. The van der Waals surface area contributed by atoms with Crippen LogP contribution in [-0.4, -0.2) is 19.7 Å². The van der Waals surface area contributed by atoms with E-state index in [-0.39, 0.29) is 17.9 Å². The zero-order valence-electron chi connectivity index (χ0n) is 17.4. The Hall–Kier alpha value is -3.84. The third-order valence-electron chi connectivity index (χ3n) is 5.35. The van der Waals surface area contributed by atoms with Gasteiger partial charge in [-0.3, -0.25) is 18.6 Å². The monoisotopic (exact) mass is 440 g/mol. The molecule has 0 bridgehead atoms. The van der Waals surface area contributed by atoms with Crippen molar-refractivity contribution >= 4 is 40.0 Å². The Kier molecular flexibility index (Phi) is 5.25. The lowest BCUT2D eigenvalue weighted by Crippen LogP contribution is -2.26. The molecule has 0 spiro atoms. The third-order valence-corrected chi connectivity index (χ3v) is 6.20. The number of imidazole rings is 1. The largest absolute Gasteiger partial charge is 0.326 e. The van der Waals surface area contributed by atoms with Crippen LogP contribution in [0.5, 0.6) is 0 Å². The number of aryl methyl sites for hydroxylation is 1. The van der Waals surface area contributed by atoms with E-state index in [0.29, 0.717) is 16.6 Å². The summed E-state index contributed by atoms with van der Waals surface area (Å²) in [6, 6.07) is 22.9. The molecule has 0 saturated carbocycles. The van der Waals surface area contributed by atoms with Crippen molar-refractivity contribution in [3.05, 3.63) is 107 Å². The zero-order chi connectivity index (χ0) is 22.1. The number of benzene rings is 3. The molecule has 0 unspecified atom stereocenters. The summed E-state index contributed by atoms with van der Waals surface area (Å²) in [5.74, 6) is -0.136. The summed E-state index contributed by atoms with van der Waals surface area (Å²) in [7, 11) is 0. The first-order valence-electron chi connectivity index (χ1n) is 10.2. The zero-order valence-corrected chi connectivity index (χ0v) is 18.2. The van der Waals surface area contributed by atoms with Crippen LogP contribution in [0.1, 0.15) is 15.9 Å². The first-order chi connectivity index (χ1) is 15.6. The Balaban J connectivity index is 1.36. The Bertz CT molecular complexity index is 1490. The van der Waals surface area contributed by atoms with Gasteiger partial charge in [-0.2, -0.15) is 0 Å². The van der Waals surface area contributed by atoms with Crippen molar-refractivity contribution in [1.29, 1.82) is 0 Å². The summed E-state index contributed by atoms with van der Waals surface area (Å²) in [6.07, 6.45) is 3.26. The van der Waals surface area contributed by atoms with Gasteiger partial charge in [0.1, 0.15) is 12.0 Å². The van der Waals surface area contributed by atoms with Gasteiger partial charge < -0.3 is 4.72 Å². The van der Waals surface area contributed by atoms with E-state index >= 15 is 0 Å². The molecule has 0 aliphatic carbocycles. The third kappa shape index (κ3) is 3.78. The molecule has 5 aromatic rings. The number of nitrogens with zero attached hydrogens (tertiary/aromatic N) is 3. The summed E-state index contributed by atoms with van der Waals surface area (Å²) < 4.78 is 6.60. The van der Waals surface area contributed by atoms with Crippen LogP contribution in [0.15, 0.2) is 95.0 Å². The van der Waals surface area contributed by atoms with E-state index in [1.807, 2.05) is 34.7 Å². The van der Waals surface area contributed by atoms with Crippen molar-refractivity contribution in [2.24, 2.45) is 0 Å². The summed E-state index contributed by atoms with van der Waals surface area (Å²) in [6.45, 7) is 2.01. The maximum Gasteiger partial charge on any atom is 0.262 e. The van der Waals surface area contributed by atoms with Gasteiger partial charge in [-0.25, -0.2) is 4.98 Å². The number of anilines is 1. The van der Waals surface area contributed by atoms with E-state index < -0.39 is 0 Å². The molecule has 5 rings (SSSR count). The number of nitrogens with one attached hydrogen (secondary N) is 1. The van der Waals surface area contributed by atoms with Crippen molar-refractivity contribution in [2.75, 3.05) is 4.72 Å². The molecule has 6 nitrogen and oxygen atoms in total. The second kappa shape index (κ2) is 8.36. The molecule has 0 radical (unpaired) electrons. The van der Waals surface area contributed by atoms with Crippen LogP contribution < -0.4 is 10.3 Å². The SMILES string of the molecule is Cc1ccc(SNc2ccc(C(=O)Cn3c(=O)c4ccccc4n4cncc34)cc2)cc1. The molecule has 0 atom stereocenters. The summed E-state index contributed by atoms with van der Waals surface area (Å²) in [5.41, 5.74) is 3.83. The Morgan fingerprint density at radius 3 is 2.53 bits per heavy atom. The predicted molar refractivity (Wildman–Crippen MR) is 128 cm³/mol. The van der Waals surface area contributed by atoms with Crippen LogP contribution in [0.25, 0.3) is 16.6 Å². The highest BCUT2D eigenvalue weighted by Crippen LogP contribution is 2.22. The molecule has 158 valence electrons. The fraction of sp³-hybridized carbons (Fsp3) is 0.0800. The van der Waals surface area contributed by atoms with E-state index in [4.69, 9.17) is 0 Å². The van der Waals surface area contributed by atoms with Crippen LogP contribution in [0.3, 0.4) is 0 Å². The number of rotatable bonds is 6. The number of carbonyl (C=O) groups excluding carboxylic acids is 1. The molecule has 2 heterocycles. The van der Waals surface area contributed by atoms with Gasteiger partial charge >= 0.3 is 0 Å². The minimum Gasteiger partial charge on any atom is -0.326 e. The van der Waals surface area contributed by atoms with Gasteiger partial charge in [-0.05, 0) is 67.4 Å². The second-order valence-corrected chi connectivity index (χ2v) is 8.43. The van der Waals surface area contributed by atoms with E-state index in [2.05, 4.69) is 40.9 Å². The molecule has 7 heteroatoms. The number of Topliss-reactive ketones (excluding diaryl/α,β-unsaturated/α-hetero) is 1. The predicted octanol–water partition coefficient (Wildman–Crippen LogP) is 4.96. The lowest BCUT2D eigenvalue weighted by atomic mass is 10.1. The van der Waals surface area contributed by atoms with Crippen LogP contribution in [0, 0.1) is 6.92 Å². The van der Waals surface area contributed by atoms with E-state index in [0.717, 1.165) is 16.1 Å². The van der Waals surface area contributed by atoms with Crippen molar-refractivity contribution in [1.82, 2.24) is 14.0 Å². The summed E-state index contributed by atoms with van der Waals surface area (Å²) in [4.78, 5) is 31.3. The van der Waals surface area contributed by atoms with Gasteiger partial charge in [0.05, 0.1) is 23.6 Å². The Morgan fingerprint density at radius 2 is 1.75 bits per heavy atom. The van der Waals surface area contributed by atoms with Gasteiger partial charge in [0.15, 0.2) is 5.78 Å².